The predicted octanol–water partition coefficient (Wildman–Crippen LogP) is 1.58. The Labute approximate surface area is 123 Å². The number of anilines is 2. The quantitative estimate of drug-likeness (QED) is 0.886. The van der Waals surface area contributed by atoms with Crippen LogP contribution in [0.2, 0.25) is 0 Å². The Morgan fingerprint density at radius 1 is 1.33 bits per heavy atom. The summed E-state index contributed by atoms with van der Waals surface area (Å²) in [7, 11) is 0. The molecule has 6 nitrogen and oxygen atoms in total. The van der Waals surface area contributed by atoms with Crippen LogP contribution in [0, 0.1) is 5.92 Å². The molecular formula is C15H19N3O3. The Hall–Kier alpha value is -2.08. The van der Waals surface area contributed by atoms with Gasteiger partial charge in [0.15, 0.2) is 0 Å². The summed E-state index contributed by atoms with van der Waals surface area (Å²) in [5.74, 6) is 0.115. The number of rotatable bonds is 3. The van der Waals surface area contributed by atoms with Gasteiger partial charge in [-0.15, -0.1) is 0 Å². The first-order valence-corrected chi connectivity index (χ1v) is 7.30. The summed E-state index contributed by atoms with van der Waals surface area (Å²) >= 11 is 0. The zero-order valence-electron chi connectivity index (χ0n) is 11.8. The van der Waals surface area contributed by atoms with E-state index in [-0.39, 0.29) is 17.9 Å². The summed E-state index contributed by atoms with van der Waals surface area (Å²) in [6.07, 6.45) is 1.39. The molecule has 1 aromatic rings. The number of carbonyl (C=O) groups is 2. The number of nitrogens with one attached hydrogen (secondary N) is 2. The number of piperidine rings is 1. The highest BCUT2D eigenvalue weighted by molar-refractivity contribution is 5.94. The molecule has 0 atom stereocenters. The molecule has 1 aromatic carbocycles. The second-order valence-electron chi connectivity index (χ2n) is 5.33. The molecule has 0 radical (unpaired) electrons. The molecule has 2 amide bonds. The van der Waals surface area contributed by atoms with Gasteiger partial charge in [-0.05, 0) is 44.1 Å². The van der Waals surface area contributed by atoms with Gasteiger partial charge in [-0.1, -0.05) is 6.07 Å². The van der Waals surface area contributed by atoms with E-state index in [1.807, 2.05) is 24.3 Å². The predicted molar refractivity (Wildman–Crippen MR) is 79.4 cm³/mol. The van der Waals surface area contributed by atoms with Gasteiger partial charge in [0.1, 0.15) is 6.61 Å². The van der Waals surface area contributed by atoms with E-state index in [1.54, 1.807) is 4.90 Å². The van der Waals surface area contributed by atoms with Crippen molar-refractivity contribution in [1.82, 2.24) is 5.32 Å². The second-order valence-corrected chi connectivity index (χ2v) is 5.33. The van der Waals surface area contributed by atoms with E-state index in [9.17, 15) is 9.59 Å². The fraction of sp³-hybridized carbons (Fsp3) is 0.467. The van der Waals surface area contributed by atoms with E-state index >= 15 is 0 Å². The van der Waals surface area contributed by atoms with Crippen LogP contribution in [0.5, 0.6) is 0 Å². The normalized spacial score (nSPS) is 19.4. The van der Waals surface area contributed by atoms with Crippen molar-refractivity contribution in [3.63, 3.8) is 0 Å². The molecule has 0 bridgehead atoms. The fourth-order valence-corrected chi connectivity index (χ4v) is 2.71. The van der Waals surface area contributed by atoms with Crippen molar-refractivity contribution in [1.29, 1.82) is 0 Å². The first kappa shape index (κ1) is 13.9. The smallest absolute Gasteiger partial charge is 0.414 e. The van der Waals surface area contributed by atoms with Gasteiger partial charge in [0.05, 0.1) is 6.54 Å². The average Bonchev–Trinajstić information content (AvgIpc) is 2.94. The Balaban J connectivity index is 1.68. The topological polar surface area (TPSA) is 70.7 Å². The Bertz CT molecular complexity index is 541. The van der Waals surface area contributed by atoms with Crippen molar-refractivity contribution in [3.05, 3.63) is 24.3 Å². The molecular weight excluding hydrogens is 270 g/mol. The summed E-state index contributed by atoms with van der Waals surface area (Å²) in [5, 5.41) is 6.19. The first-order chi connectivity index (χ1) is 10.2. The third-order valence-corrected chi connectivity index (χ3v) is 3.90. The monoisotopic (exact) mass is 289 g/mol. The van der Waals surface area contributed by atoms with Crippen LogP contribution in [0.25, 0.3) is 0 Å². The van der Waals surface area contributed by atoms with Crippen LogP contribution >= 0.6 is 0 Å². The molecule has 0 unspecified atom stereocenters. The SMILES string of the molecule is O=C(Nc1cccc(N2CCOC2=O)c1)C1CCNCC1. The lowest BCUT2D eigenvalue weighted by Crippen LogP contribution is -2.34. The van der Waals surface area contributed by atoms with Gasteiger partial charge in [-0.25, -0.2) is 4.79 Å². The molecule has 0 saturated carbocycles. The Morgan fingerprint density at radius 3 is 2.86 bits per heavy atom. The van der Waals surface area contributed by atoms with E-state index in [4.69, 9.17) is 4.74 Å². The van der Waals surface area contributed by atoms with Gasteiger partial charge >= 0.3 is 6.09 Å². The van der Waals surface area contributed by atoms with Crippen molar-refractivity contribution in [2.24, 2.45) is 5.92 Å². The molecule has 112 valence electrons. The number of cyclic esters (lactones) is 1. The molecule has 0 aliphatic carbocycles. The maximum atomic E-state index is 12.2. The van der Waals surface area contributed by atoms with Crippen molar-refractivity contribution < 1.29 is 14.3 Å². The van der Waals surface area contributed by atoms with Crippen LogP contribution in [0.3, 0.4) is 0 Å². The third-order valence-electron chi connectivity index (χ3n) is 3.90. The second kappa shape index (κ2) is 6.13. The standard InChI is InChI=1S/C15H19N3O3/c19-14(11-4-6-16-7-5-11)17-12-2-1-3-13(10-12)18-8-9-21-15(18)20/h1-3,10-11,16H,4-9H2,(H,17,19). The Morgan fingerprint density at radius 2 is 2.14 bits per heavy atom. The van der Waals surface area contributed by atoms with Gasteiger partial charge in [0.25, 0.3) is 0 Å². The maximum absolute atomic E-state index is 12.2. The minimum absolute atomic E-state index is 0.0534. The average molecular weight is 289 g/mol. The lowest BCUT2D eigenvalue weighted by atomic mass is 9.97. The van der Waals surface area contributed by atoms with Gasteiger partial charge in [0.2, 0.25) is 5.91 Å². The summed E-state index contributed by atoms with van der Waals surface area (Å²) in [6.45, 7) is 2.73. The van der Waals surface area contributed by atoms with E-state index in [2.05, 4.69) is 10.6 Å². The molecule has 2 fully saturated rings. The van der Waals surface area contributed by atoms with Crippen molar-refractivity contribution in [3.8, 4) is 0 Å². The first-order valence-electron chi connectivity index (χ1n) is 7.30. The summed E-state index contributed by atoms with van der Waals surface area (Å²) in [6, 6.07) is 7.32. The fourth-order valence-electron chi connectivity index (χ4n) is 2.71. The number of amides is 2. The molecule has 21 heavy (non-hydrogen) atoms. The van der Waals surface area contributed by atoms with Crippen LogP contribution < -0.4 is 15.5 Å². The Kier molecular flexibility index (Phi) is 4.06. The summed E-state index contributed by atoms with van der Waals surface area (Å²) in [5.41, 5.74) is 1.47. The lowest BCUT2D eigenvalue weighted by Gasteiger charge is -2.22. The molecule has 2 saturated heterocycles. The molecule has 6 heteroatoms. The number of ether oxygens (including phenoxy) is 1. The van der Waals surface area contributed by atoms with Gasteiger partial charge in [-0.3, -0.25) is 9.69 Å². The highest BCUT2D eigenvalue weighted by atomic mass is 16.6. The highest BCUT2D eigenvalue weighted by Crippen LogP contribution is 2.23. The third kappa shape index (κ3) is 3.16. The van der Waals surface area contributed by atoms with Crippen LogP contribution in [0.4, 0.5) is 16.2 Å². The lowest BCUT2D eigenvalue weighted by molar-refractivity contribution is -0.120. The molecule has 3 rings (SSSR count). The molecule has 2 N–H and O–H groups in total. The highest BCUT2D eigenvalue weighted by Gasteiger charge is 2.24. The van der Waals surface area contributed by atoms with Crippen LogP contribution in [-0.4, -0.2) is 38.2 Å². The largest absolute Gasteiger partial charge is 0.447 e. The maximum Gasteiger partial charge on any atom is 0.414 e. The zero-order chi connectivity index (χ0) is 14.7. The number of hydrogen-bond donors (Lipinski definition) is 2. The number of carbonyl (C=O) groups excluding carboxylic acids is 2. The van der Waals surface area contributed by atoms with Crippen LogP contribution in [0.15, 0.2) is 24.3 Å². The minimum Gasteiger partial charge on any atom is -0.447 e. The molecule has 2 aliphatic rings. The van der Waals surface area contributed by atoms with E-state index in [0.29, 0.717) is 13.2 Å². The van der Waals surface area contributed by atoms with Crippen molar-refractivity contribution in [2.45, 2.75) is 12.8 Å². The van der Waals surface area contributed by atoms with Gasteiger partial charge < -0.3 is 15.4 Å². The zero-order valence-corrected chi connectivity index (χ0v) is 11.8. The van der Waals surface area contributed by atoms with Gasteiger partial charge in [-0.2, -0.15) is 0 Å². The minimum atomic E-state index is -0.336. The van der Waals surface area contributed by atoms with Gasteiger partial charge in [0, 0.05) is 17.3 Å². The number of hydrogen-bond acceptors (Lipinski definition) is 4. The number of nitrogens with zero attached hydrogens (tertiary/aromatic N) is 1. The van der Waals surface area contributed by atoms with E-state index < -0.39 is 0 Å². The molecule has 2 heterocycles. The summed E-state index contributed by atoms with van der Waals surface area (Å²) in [4.78, 5) is 25.4. The van der Waals surface area contributed by atoms with Crippen LogP contribution in [0.1, 0.15) is 12.8 Å². The van der Waals surface area contributed by atoms with Crippen molar-refractivity contribution in [2.75, 3.05) is 36.5 Å². The molecule has 2 aliphatic heterocycles. The molecule has 0 spiro atoms. The van der Waals surface area contributed by atoms with E-state index in [1.165, 1.54) is 0 Å². The molecule has 0 aromatic heterocycles. The number of benzene rings is 1. The summed E-state index contributed by atoms with van der Waals surface area (Å²) < 4.78 is 4.93. The van der Waals surface area contributed by atoms with Crippen molar-refractivity contribution >= 4 is 23.4 Å². The van der Waals surface area contributed by atoms with Crippen LogP contribution in [-0.2, 0) is 9.53 Å². The van der Waals surface area contributed by atoms with E-state index in [0.717, 1.165) is 37.3 Å².